The Bertz CT molecular complexity index is 470. The first-order chi connectivity index (χ1) is 9.16. The lowest BCUT2D eigenvalue weighted by molar-refractivity contribution is 0.0942. The van der Waals surface area contributed by atoms with Gasteiger partial charge in [0.1, 0.15) is 16.5 Å². The maximum absolute atomic E-state index is 6.08. The molecule has 1 aliphatic carbocycles. The summed E-state index contributed by atoms with van der Waals surface area (Å²) in [5, 5.41) is 0. The molecular formula is C16H25BrN2O. The van der Waals surface area contributed by atoms with Gasteiger partial charge in [0.05, 0.1) is 0 Å². The predicted molar refractivity (Wildman–Crippen MR) is 85.1 cm³/mol. The number of hydrogen-bond donors (Lipinski definition) is 0. The van der Waals surface area contributed by atoms with Crippen molar-refractivity contribution in [2.45, 2.75) is 71.8 Å². The summed E-state index contributed by atoms with van der Waals surface area (Å²) in [6.45, 7) is 11.0. The fraction of sp³-hybridized carbons (Fsp3) is 0.750. The van der Waals surface area contributed by atoms with Crippen LogP contribution in [-0.4, -0.2) is 16.1 Å². The van der Waals surface area contributed by atoms with Crippen LogP contribution in [0.5, 0.6) is 5.88 Å². The van der Waals surface area contributed by atoms with Crippen LogP contribution in [0, 0.1) is 5.41 Å². The van der Waals surface area contributed by atoms with E-state index in [9.17, 15) is 0 Å². The molecule has 1 saturated carbocycles. The summed E-state index contributed by atoms with van der Waals surface area (Å²) < 4.78 is 6.88. The molecule has 0 aromatic carbocycles. The highest BCUT2D eigenvalue weighted by molar-refractivity contribution is 9.10. The molecule has 20 heavy (non-hydrogen) atoms. The van der Waals surface area contributed by atoms with Gasteiger partial charge in [0.15, 0.2) is 0 Å². The van der Waals surface area contributed by atoms with E-state index in [4.69, 9.17) is 4.74 Å². The molecule has 1 aliphatic rings. The number of ether oxygens (including phenoxy) is 1. The van der Waals surface area contributed by atoms with Gasteiger partial charge in [-0.3, -0.25) is 0 Å². The molecular weight excluding hydrogens is 316 g/mol. The van der Waals surface area contributed by atoms with Crippen LogP contribution in [0.1, 0.15) is 66.1 Å². The minimum atomic E-state index is -0.0730. The quantitative estimate of drug-likeness (QED) is 0.719. The van der Waals surface area contributed by atoms with Crippen molar-refractivity contribution in [3.05, 3.63) is 16.5 Å². The molecule has 3 nitrogen and oxygen atoms in total. The summed E-state index contributed by atoms with van der Waals surface area (Å²) in [5.74, 6) is 1.51. The average Bonchev–Trinajstić information content (AvgIpc) is 2.30. The summed E-state index contributed by atoms with van der Waals surface area (Å²) in [6, 6.07) is 1.87. The van der Waals surface area contributed by atoms with Crippen molar-refractivity contribution in [1.29, 1.82) is 0 Å². The molecule has 0 unspecified atom stereocenters. The van der Waals surface area contributed by atoms with Crippen LogP contribution in [0.3, 0.4) is 0 Å². The third kappa shape index (κ3) is 4.18. The molecule has 2 rings (SSSR count). The molecule has 0 radical (unpaired) electrons. The molecule has 1 heterocycles. The van der Waals surface area contributed by atoms with E-state index in [2.05, 4.69) is 60.5 Å². The highest BCUT2D eigenvalue weighted by atomic mass is 79.9. The van der Waals surface area contributed by atoms with E-state index in [0.29, 0.717) is 11.3 Å². The monoisotopic (exact) mass is 340 g/mol. The van der Waals surface area contributed by atoms with Crippen molar-refractivity contribution in [2.24, 2.45) is 5.41 Å². The second kappa shape index (κ2) is 5.63. The summed E-state index contributed by atoms with van der Waals surface area (Å²) in [6.07, 6.45) is 4.95. The number of halogens is 1. The normalized spacial score (nSPS) is 19.9. The van der Waals surface area contributed by atoms with Gasteiger partial charge in [0.25, 0.3) is 0 Å². The fourth-order valence-corrected chi connectivity index (χ4v) is 2.82. The maximum atomic E-state index is 6.08. The van der Waals surface area contributed by atoms with Crippen LogP contribution in [0.15, 0.2) is 10.7 Å². The summed E-state index contributed by atoms with van der Waals surface area (Å²) >= 11 is 3.46. The molecule has 1 fully saturated rings. The van der Waals surface area contributed by atoms with Crippen molar-refractivity contribution in [3.63, 3.8) is 0 Å². The Morgan fingerprint density at radius 1 is 1.20 bits per heavy atom. The van der Waals surface area contributed by atoms with Crippen LogP contribution in [0.2, 0.25) is 0 Å². The molecule has 0 atom stereocenters. The van der Waals surface area contributed by atoms with Crippen LogP contribution < -0.4 is 4.74 Å². The van der Waals surface area contributed by atoms with Gasteiger partial charge in [0.2, 0.25) is 5.88 Å². The number of hydrogen-bond acceptors (Lipinski definition) is 3. The third-order valence-corrected chi connectivity index (χ3v) is 4.32. The molecule has 0 aliphatic heterocycles. The van der Waals surface area contributed by atoms with Crippen LogP contribution >= 0.6 is 15.9 Å². The van der Waals surface area contributed by atoms with Gasteiger partial charge in [-0.25, -0.2) is 4.98 Å². The first kappa shape index (κ1) is 15.7. The van der Waals surface area contributed by atoms with E-state index in [1.807, 2.05) is 6.07 Å². The van der Waals surface area contributed by atoms with Crippen LogP contribution in [0.4, 0.5) is 0 Å². The Morgan fingerprint density at radius 3 is 2.35 bits per heavy atom. The van der Waals surface area contributed by atoms with E-state index in [1.54, 1.807) is 0 Å². The highest BCUT2D eigenvalue weighted by Gasteiger charge is 2.28. The lowest BCUT2D eigenvalue weighted by atomic mass is 9.76. The summed E-state index contributed by atoms with van der Waals surface area (Å²) in [5.41, 5.74) is 0.388. The summed E-state index contributed by atoms with van der Waals surface area (Å²) in [4.78, 5) is 9.02. The molecule has 112 valence electrons. The van der Waals surface area contributed by atoms with Gasteiger partial charge in [0, 0.05) is 11.5 Å². The molecule has 1 aromatic heterocycles. The molecule has 0 saturated heterocycles. The molecule has 0 spiro atoms. The van der Waals surface area contributed by atoms with Gasteiger partial charge in [-0.15, -0.1) is 0 Å². The van der Waals surface area contributed by atoms with Gasteiger partial charge in [-0.1, -0.05) is 34.6 Å². The van der Waals surface area contributed by atoms with Gasteiger partial charge >= 0.3 is 0 Å². The first-order valence-electron chi connectivity index (χ1n) is 7.37. The largest absolute Gasteiger partial charge is 0.474 e. The van der Waals surface area contributed by atoms with Crippen molar-refractivity contribution >= 4 is 15.9 Å². The maximum Gasteiger partial charge on any atom is 0.218 e. The van der Waals surface area contributed by atoms with Crippen LogP contribution in [-0.2, 0) is 5.41 Å². The zero-order valence-electron chi connectivity index (χ0n) is 13.2. The fourth-order valence-electron chi connectivity index (χ4n) is 2.45. The average molecular weight is 341 g/mol. The summed E-state index contributed by atoms with van der Waals surface area (Å²) in [7, 11) is 0. The second-order valence-electron chi connectivity index (χ2n) is 7.58. The molecule has 4 heteroatoms. The Hall–Kier alpha value is -0.640. The number of rotatable bonds is 2. The van der Waals surface area contributed by atoms with Crippen LogP contribution in [0.25, 0.3) is 0 Å². The Morgan fingerprint density at radius 2 is 1.80 bits per heavy atom. The first-order valence-corrected chi connectivity index (χ1v) is 8.17. The Balaban J connectivity index is 2.09. The standard InChI is InChI=1S/C16H25BrN2O/c1-15(2,3)14-18-12(17)10-13(19-14)20-11-6-8-16(4,5)9-7-11/h10-11H,6-9H2,1-5H3. The molecule has 1 aromatic rings. The SMILES string of the molecule is CC1(C)CCC(Oc2cc(Br)nc(C(C)(C)C)n2)CC1. The van der Waals surface area contributed by atoms with Crippen molar-refractivity contribution in [2.75, 3.05) is 0 Å². The molecule has 0 amide bonds. The topological polar surface area (TPSA) is 35.0 Å². The van der Waals surface area contributed by atoms with Crippen molar-refractivity contribution in [3.8, 4) is 5.88 Å². The lowest BCUT2D eigenvalue weighted by Crippen LogP contribution is -2.29. The zero-order valence-corrected chi connectivity index (χ0v) is 14.7. The van der Waals surface area contributed by atoms with Gasteiger partial charge in [-0.05, 0) is 47.0 Å². The van der Waals surface area contributed by atoms with Gasteiger partial charge < -0.3 is 4.74 Å². The highest BCUT2D eigenvalue weighted by Crippen LogP contribution is 2.36. The molecule has 0 bridgehead atoms. The number of aromatic nitrogens is 2. The smallest absolute Gasteiger partial charge is 0.218 e. The van der Waals surface area contributed by atoms with Crippen molar-refractivity contribution in [1.82, 2.24) is 9.97 Å². The minimum Gasteiger partial charge on any atom is -0.474 e. The predicted octanol–water partition coefficient (Wildman–Crippen LogP) is 4.88. The number of nitrogens with zero attached hydrogens (tertiary/aromatic N) is 2. The minimum absolute atomic E-state index is 0.0730. The van der Waals surface area contributed by atoms with E-state index >= 15 is 0 Å². The Labute approximate surface area is 130 Å². The van der Waals surface area contributed by atoms with E-state index < -0.39 is 0 Å². The molecule has 0 N–H and O–H groups in total. The van der Waals surface area contributed by atoms with Crippen molar-refractivity contribution < 1.29 is 4.74 Å². The van der Waals surface area contributed by atoms with E-state index in [-0.39, 0.29) is 11.5 Å². The third-order valence-electron chi connectivity index (χ3n) is 3.92. The second-order valence-corrected chi connectivity index (χ2v) is 8.40. The van der Waals surface area contributed by atoms with E-state index in [0.717, 1.165) is 23.3 Å². The zero-order chi connectivity index (χ0) is 15.0. The lowest BCUT2D eigenvalue weighted by Gasteiger charge is -2.34. The Kier molecular flexibility index (Phi) is 4.43. The van der Waals surface area contributed by atoms with Gasteiger partial charge in [-0.2, -0.15) is 4.98 Å². The van der Waals surface area contributed by atoms with E-state index in [1.165, 1.54) is 12.8 Å².